The number of hydrogen-bond donors (Lipinski definition) is 1. The van der Waals surface area contributed by atoms with E-state index < -0.39 is 0 Å². The normalized spacial score (nSPS) is 10.3. The topological polar surface area (TPSA) is 51.4 Å². The number of benzene rings is 1. The van der Waals surface area contributed by atoms with Crippen LogP contribution in [0.4, 0.5) is 5.82 Å². The van der Waals surface area contributed by atoms with E-state index in [1.807, 2.05) is 37.4 Å². The molecule has 0 saturated heterocycles. The minimum absolute atomic E-state index is 0.492. The zero-order valence-electron chi connectivity index (χ0n) is 11.3. The first kappa shape index (κ1) is 13.4. The van der Waals surface area contributed by atoms with Crippen molar-refractivity contribution in [2.24, 2.45) is 5.73 Å². The lowest BCUT2D eigenvalue weighted by molar-refractivity contribution is 0.414. The Morgan fingerprint density at radius 2 is 2.11 bits per heavy atom. The number of ether oxygens (including phenoxy) is 1. The third-order valence-corrected chi connectivity index (χ3v) is 3.00. The fourth-order valence-electron chi connectivity index (χ4n) is 2.05. The van der Waals surface area contributed by atoms with E-state index in [0.717, 1.165) is 23.7 Å². The number of hydrogen-bond acceptors (Lipinski definition) is 4. The van der Waals surface area contributed by atoms with Crippen LogP contribution >= 0.6 is 0 Å². The summed E-state index contributed by atoms with van der Waals surface area (Å²) in [6.45, 7) is 1.26. The molecule has 0 aliphatic rings. The summed E-state index contributed by atoms with van der Waals surface area (Å²) in [7, 11) is 3.69. The van der Waals surface area contributed by atoms with Crippen LogP contribution < -0.4 is 15.4 Å². The molecule has 100 valence electrons. The highest BCUT2D eigenvalue weighted by Crippen LogP contribution is 2.19. The second-order valence-electron chi connectivity index (χ2n) is 4.40. The highest BCUT2D eigenvalue weighted by Gasteiger charge is 2.08. The molecule has 2 rings (SSSR count). The van der Waals surface area contributed by atoms with Gasteiger partial charge in [0.05, 0.1) is 7.11 Å². The van der Waals surface area contributed by atoms with Crippen LogP contribution in [0, 0.1) is 0 Å². The summed E-state index contributed by atoms with van der Waals surface area (Å²) in [4.78, 5) is 6.50. The summed E-state index contributed by atoms with van der Waals surface area (Å²) in [6.07, 6.45) is 1.79. The second kappa shape index (κ2) is 6.20. The summed E-state index contributed by atoms with van der Waals surface area (Å²) >= 11 is 0. The lowest BCUT2D eigenvalue weighted by atomic mass is 10.2. The third-order valence-electron chi connectivity index (χ3n) is 3.00. The molecule has 0 unspecified atom stereocenters. The van der Waals surface area contributed by atoms with E-state index in [4.69, 9.17) is 10.5 Å². The third kappa shape index (κ3) is 3.23. The molecule has 1 aromatic heterocycles. The molecule has 0 atom stereocenters. The van der Waals surface area contributed by atoms with Crippen molar-refractivity contribution in [2.45, 2.75) is 13.1 Å². The standard InChI is InChI=1S/C15H19N3O/c1-18(15-13(10-16)6-4-8-17-15)11-12-5-3-7-14(9-12)19-2/h3-9H,10-11,16H2,1-2H3. The van der Waals surface area contributed by atoms with E-state index >= 15 is 0 Å². The number of aromatic nitrogens is 1. The molecular weight excluding hydrogens is 238 g/mol. The minimum Gasteiger partial charge on any atom is -0.497 e. The Bertz CT molecular complexity index is 542. The first-order chi connectivity index (χ1) is 9.24. The van der Waals surface area contributed by atoms with Crippen LogP contribution in [0.15, 0.2) is 42.6 Å². The predicted octanol–water partition coefficient (Wildman–Crippen LogP) is 2.19. The molecule has 0 radical (unpaired) electrons. The van der Waals surface area contributed by atoms with Crippen LogP contribution in [0.2, 0.25) is 0 Å². The van der Waals surface area contributed by atoms with Crippen molar-refractivity contribution in [3.63, 3.8) is 0 Å². The average Bonchev–Trinajstić information content (AvgIpc) is 2.47. The van der Waals surface area contributed by atoms with Crippen LogP contribution in [-0.4, -0.2) is 19.1 Å². The van der Waals surface area contributed by atoms with Crippen molar-refractivity contribution in [3.05, 3.63) is 53.7 Å². The van der Waals surface area contributed by atoms with Gasteiger partial charge in [0.2, 0.25) is 0 Å². The van der Waals surface area contributed by atoms with Gasteiger partial charge in [0.25, 0.3) is 0 Å². The highest BCUT2D eigenvalue weighted by molar-refractivity contribution is 5.46. The Morgan fingerprint density at radius 3 is 2.84 bits per heavy atom. The molecule has 0 fully saturated rings. The summed E-state index contributed by atoms with van der Waals surface area (Å²) in [6, 6.07) is 11.9. The summed E-state index contributed by atoms with van der Waals surface area (Å²) in [5.41, 5.74) is 7.97. The van der Waals surface area contributed by atoms with Crippen LogP contribution in [0.5, 0.6) is 5.75 Å². The van der Waals surface area contributed by atoms with Crippen LogP contribution in [0.1, 0.15) is 11.1 Å². The van der Waals surface area contributed by atoms with Gasteiger partial charge >= 0.3 is 0 Å². The molecule has 1 aromatic carbocycles. The molecule has 0 aliphatic heterocycles. The molecule has 1 heterocycles. The lowest BCUT2D eigenvalue weighted by Crippen LogP contribution is -2.20. The maximum Gasteiger partial charge on any atom is 0.133 e. The second-order valence-corrected chi connectivity index (χ2v) is 4.40. The molecule has 0 saturated carbocycles. The van der Waals surface area contributed by atoms with Crippen molar-refractivity contribution in [3.8, 4) is 5.75 Å². The molecular formula is C15H19N3O. The zero-order chi connectivity index (χ0) is 13.7. The van der Waals surface area contributed by atoms with E-state index in [9.17, 15) is 0 Å². The number of pyridine rings is 1. The maximum atomic E-state index is 5.74. The maximum absolute atomic E-state index is 5.74. The van der Waals surface area contributed by atoms with Gasteiger partial charge in [0.1, 0.15) is 11.6 Å². The number of methoxy groups -OCH3 is 1. The van der Waals surface area contributed by atoms with E-state index in [1.165, 1.54) is 5.56 Å². The van der Waals surface area contributed by atoms with E-state index in [-0.39, 0.29) is 0 Å². The zero-order valence-corrected chi connectivity index (χ0v) is 11.3. The number of anilines is 1. The Balaban J connectivity index is 2.18. The summed E-state index contributed by atoms with van der Waals surface area (Å²) in [5, 5.41) is 0. The largest absolute Gasteiger partial charge is 0.497 e. The first-order valence-electron chi connectivity index (χ1n) is 6.22. The quantitative estimate of drug-likeness (QED) is 0.892. The van der Waals surface area contributed by atoms with Gasteiger partial charge in [-0.25, -0.2) is 4.98 Å². The SMILES string of the molecule is COc1cccc(CN(C)c2ncccc2CN)c1. The lowest BCUT2D eigenvalue weighted by Gasteiger charge is -2.21. The van der Waals surface area contributed by atoms with Crippen molar-refractivity contribution < 1.29 is 4.74 Å². The van der Waals surface area contributed by atoms with Crippen molar-refractivity contribution in [1.82, 2.24) is 4.98 Å². The molecule has 19 heavy (non-hydrogen) atoms. The fraction of sp³-hybridized carbons (Fsp3) is 0.267. The monoisotopic (exact) mass is 257 g/mol. The molecule has 2 N–H and O–H groups in total. The number of rotatable bonds is 5. The molecule has 0 bridgehead atoms. The van der Waals surface area contributed by atoms with E-state index in [0.29, 0.717) is 6.54 Å². The minimum atomic E-state index is 0.492. The van der Waals surface area contributed by atoms with Gasteiger partial charge in [-0.05, 0) is 23.8 Å². The van der Waals surface area contributed by atoms with Crippen LogP contribution in [0.25, 0.3) is 0 Å². The highest BCUT2D eigenvalue weighted by atomic mass is 16.5. The van der Waals surface area contributed by atoms with Gasteiger partial charge in [0.15, 0.2) is 0 Å². The fourth-order valence-corrected chi connectivity index (χ4v) is 2.05. The smallest absolute Gasteiger partial charge is 0.133 e. The summed E-state index contributed by atoms with van der Waals surface area (Å²) in [5.74, 6) is 1.79. The van der Waals surface area contributed by atoms with Gasteiger partial charge in [-0.2, -0.15) is 0 Å². The van der Waals surface area contributed by atoms with Crippen molar-refractivity contribution in [1.29, 1.82) is 0 Å². The van der Waals surface area contributed by atoms with Crippen LogP contribution in [0.3, 0.4) is 0 Å². The van der Waals surface area contributed by atoms with E-state index in [1.54, 1.807) is 13.3 Å². The average molecular weight is 257 g/mol. The van der Waals surface area contributed by atoms with Gasteiger partial charge in [-0.15, -0.1) is 0 Å². The van der Waals surface area contributed by atoms with Gasteiger partial charge in [0, 0.05) is 31.9 Å². The molecule has 0 amide bonds. The van der Waals surface area contributed by atoms with Crippen molar-refractivity contribution in [2.75, 3.05) is 19.1 Å². The molecule has 4 nitrogen and oxygen atoms in total. The Morgan fingerprint density at radius 1 is 1.26 bits per heavy atom. The van der Waals surface area contributed by atoms with Crippen LogP contribution in [-0.2, 0) is 13.1 Å². The number of nitrogens with zero attached hydrogens (tertiary/aromatic N) is 2. The molecule has 0 spiro atoms. The summed E-state index contributed by atoms with van der Waals surface area (Å²) < 4.78 is 5.23. The number of nitrogens with two attached hydrogens (primary N) is 1. The van der Waals surface area contributed by atoms with Crippen molar-refractivity contribution >= 4 is 5.82 Å². The molecule has 0 aliphatic carbocycles. The van der Waals surface area contributed by atoms with Gasteiger partial charge in [-0.3, -0.25) is 0 Å². The Kier molecular flexibility index (Phi) is 4.36. The first-order valence-corrected chi connectivity index (χ1v) is 6.22. The molecule has 2 aromatic rings. The van der Waals surface area contributed by atoms with Gasteiger partial charge in [-0.1, -0.05) is 18.2 Å². The Hall–Kier alpha value is -2.07. The van der Waals surface area contributed by atoms with E-state index in [2.05, 4.69) is 16.0 Å². The van der Waals surface area contributed by atoms with Gasteiger partial charge < -0.3 is 15.4 Å². The molecule has 4 heteroatoms. The Labute approximate surface area is 113 Å². The predicted molar refractivity (Wildman–Crippen MR) is 77.2 cm³/mol.